The van der Waals surface area contributed by atoms with Crippen LogP contribution in [0.15, 0.2) is 0 Å². The van der Waals surface area contributed by atoms with E-state index in [9.17, 15) is 9.59 Å². The second kappa shape index (κ2) is 6.70. The van der Waals surface area contributed by atoms with Gasteiger partial charge < -0.3 is 11.1 Å². The Bertz CT molecular complexity index is 306. The maximum absolute atomic E-state index is 11.7. The van der Waals surface area contributed by atoms with Gasteiger partial charge in [0.1, 0.15) is 0 Å². The van der Waals surface area contributed by atoms with Gasteiger partial charge in [0.2, 0.25) is 5.91 Å². The van der Waals surface area contributed by atoms with Crippen molar-refractivity contribution in [2.75, 3.05) is 13.1 Å². The van der Waals surface area contributed by atoms with Crippen LogP contribution in [0.4, 0.5) is 4.79 Å². The molecule has 1 aliphatic heterocycles. The first kappa shape index (κ1) is 14.9. The normalized spacial score (nSPS) is 24.9. The van der Waals surface area contributed by atoms with Gasteiger partial charge in [-0.1, -0.05) is 0 Å². The van der Waals surface area contributed by atoms with Gasteiger partial charge in [0.25, 0.3) is 0 Å². The minimum atomic E-state index is -0.434. The molecule has 6 heteroatoms. The number of likely N-dealkylation sites (tertiary alicyclic amines) is 1. The first-order valence-corrected chi connectivity index (χ1v) is 6.48. The maximum Gasteiger partial charge on any atom is 0.321 e. The number of rotatable bonds is 3. The molecule has 0 aromatic rings. The van der Waals surface area contributed by atoms with Crippen LogP contribution in [0, 0.1) is 0 Å². The van der Waals surface area contributed by atoms with Gasteiger partial charge in [-0.2, -0.15) is 0 Å². The Kier molecular flexibility index (Phi) is 5.55. The molecular formula is C12H24N4O2. The smallest absolute Gasteiger partial charge is 0.321 e. The lowest BCUT2D eigenvalue weighted by atomic mass is 9.99. The molecule has 1 fully saturated rings. The van der Waals surface area contributed by atoms with Crippen molar-refractivity contribution in [3.63, 3.8) is 0 Å². The highest BCUT2D eigenvalue weighted by Crippen LogP contribution is 2.14. The van der Waals surface area contributed by atoms with Crippen LogP contribution in [0.1, 0.15) is 33.6 Å². The van der Waals surface area contributed by atoms with E-state index in [4.69, 9.17) is 5.73 Å². The number of imide groups is 1. The first-order valence-electron chi connectivity index (χ1n) is 6.48. The monoisotopic (exact) mass is 256 g/mol. The number of piperidine rings is 1. The molecule has 2 atom stereocenters. The molecule has 0 aromatic carbocycles. The van der Waals surface area contributed by atoms with Gasteiger partial charge in [0, 0.05) is 24.7 Å². The second-order valence-corrected chi connectivity index (χ2v) is 5.28. The zero-order valence-electron chi connectivity index (χ0n) is 11.4. The second-order valence-electron chi connectivity index (χ2n) is 5.28. The molecule has 104 valence electrons. The summed E-state index contributed by atoms with van der Waals surface area (Å²) in [6, 6.07) is 0.0947. The fraction of sp³-hybridized carbons (Fsp3) is 0.833. The molecule has 18 heavy (non-hydrogen) atoms. The summed E-state index contributed by atoms with van der Waals surface area (Å²) in [7, 11) is 0. The van der Waals surface area contributed by atoms with Crippen molar-refractivity contribution in [2.24, 2.45) is 5.73 Å². The van der Waals surface area contributed by atoms with Gasteiger partial charge in [-0.3, -0.25) is 15.0 Å². The molecule has 0 bridgehead atoms. The Morgan fingerprint density at radius 1 is 1.44 bits per heavy atom. The lowest BCUT2D eigenvalue weighted by Crippen LogP contribution is -2.51. The quantitative estimate of drug-likeness (QED) is 0.665. The maximum atomic E-state index is 11.7. The van der Waals surface area contributed by atoms with Crippen molar-refractivity contribution in [1.29, 1.82) is 0 Å². The highest BCUT2D eigenvalue weighted by Gasteiger charge is 2.25. The van der Waals surface area contributed by atoms with E-state index in [1.165, 1.54) is 0 Å². The van der Waals surface area contributed by atoms with Crippen molar-refractivity contribution in [3.05, 3.63) is 0 Å². The Morgan fingerprint density at radius 2 is 2.11 bits per heavy atom. The molecule has 2 unspecified atom stereocenters. The van der Waals surface area contributed by atoms with Crippen molar-refractivity contribution in [3.8, 4) is 0 Å². The fourth-order valence-corrected chi connectivity index (χ4v) is 2.14. The zero-order chi connectivity index (χ0) is 13.7. The summed E-state index contributed by atoms with van der Waals surface area (Å²) in [6.07, 6.45) is 1.79. The van der Waals surface area contributed by atoms with Crippen LogP contribution in [0.5, 0.6) is 0 Å². The van der Waals surface area contributed by atoms with Gasteiger partial charge in [-0.25, -0.2) is 4.79 Å². The minimum Gasteiger partial charge on any atom is -0.336 e. The summed E-state index contributed by atoms with van der Waals surface area (Å²) in [6.45, 7) is 6.80. The molecule has 6 nitrogen and oxygen atoms in total. The third-order valence-electron chi connectivity index (χ3n) is 3.07. The number of hydrogen-bond acceptors (Lipinski definition) is 4. The van der Waals surface area contributed by atoms with E-state index in [-0.39, 0.29) is 30.6 Å². The summed E-state index contributed by atoms with van der Waals surface area (Å²) in [5.74, 6) is -0.268. The predicted molar refractivity (Wildman–Crippen MR) is 70.1 cm³/mol. The largest absolute Gasteiger partial charge is 0.336 e. The number of nitrogens with zero attached hydrogens (tertiary/aromatic N) is 1. The van der Waals surface area contributed by atoms with Crippen molar-refractivity contribution in [2.45, 2.75) is 51.7 Å². The van der Waals surface area contributed by atoms with Crippen molar-refractivity contribution < 1.29 is 9.59 Å². The molecule has 1 rings (SSSR count). The van der Waals surface area contributed by atoms with Crippen molar-refractivity contribution >= 4 is 11.9 Å². The summed E-state index contributed by atoms with van der Waals surface area (Å²) < 4.78 is 0. The molecule has 3 amide bonds. The highest BCUT2D eigenvalue weighted by molar-refractivity contribution is 5.95. The number of amides is 3. The average Bonchev–Trinajstić information content (AvgIpc) is 2.20. The van der Waals surface area contributed by atoms with Gasteiger partial charge >= 0.3 is 6.03 Å². The SMILES string of the molecule is CC(C)NC(=O)NC(=O)CN1CCC(N)CC1C. The zero-order valence-corrected chi connectivity index (χ0v) is 11.4. The number of carbonyl (C=O) groups is 2. The van der Waals surface area contributed by atoms with Gasteiger partial charge in [-0.05, 0) is 33.6 Å². The van der Waals surface area contributed by atoms with E-state index in [0.29, 0.717) is 0 Å². The number of hydrogen-bond donors (Lipinski definition) is 3. The van der Waals surface area contributed by atoms with E-state index >= 15 is 0 Å². The molecule has 0 radical (unpaired) electrons. The van der Waals surface area contributed by atoms with Crippen molar-refractivity contribution in [1.82, 2.24) is 15.5 Å². The van der Waals surface area contributed by atoms with Crippen LogP contribution >= 0.6 is 0 Å². The summed E-state index contributed by atoms with van der Waals surface area (Å²) in [5.41, 5.74) is 5.86. The number of nitrogens with two attached hydrogens (primary N) is 1. The van der Waals surface area contributed by atoms with Crippen LogP contribution in [0.25, 0.3) is 0 Å². The topological polar surface area (TPSA) is 87.5 Å². The Labute approximate surface area is 108 Å². The third-order valence-corrected chi connectivity index (χ3v) is 3.07. The van der Waals surface area contributed by atoms with E-state index < -0.39 is 6.03 Å². The van der Waals surface area contributed by atoms with E-state index in [1.54, 1.807) is 0 Å². The van der Waals surface area contributed by atoms with Gasteiger partial charge in [0.05, 0.1) is 6.54 Å². The molecule has 0 saturated carbocycles. The predicted octanol–water partition coefficient (Wildman–Crippen LogP) is 0.0322. The third kappa shape index (κ3) is 5.01. The number of carbonyl (C=O) groups excluding carboxylic acids is 2. The molecule has 1 saturated heterocycles. The van der Waals surface area contributed by atoms with Crippen LogP contribution in [0.2, 0.25) is 0 Å². The minimum absolute atomic E-state index is 0.0182. The van der Waals surface area contributed by atoms with Crippen LogP contribution in [-0.4, -0.2) is 48.1 Å². The summed E-state index contributed by atoms with van der Waals surface area (Å²) in [5, 5.41) is 4.95. The molecule has 0 aliphatic carbocycles. The Balaban J connectivity index is 2.33. The van der Waals surface area contributed by atoms with E-state index in [1.807, 2.05) is 13.8 Å². The molecular weight excluding hydrogens is 232 g/mol. The van der Waals surface area contributed by atoms with E-state index in [0.717, 1.165) is 19.4 Å². The molecule has 1 heterocycles. The first-order chi connectivity index (χ1) is 8.38. The number of nitrogens with one attached hydrogen (secondary N) is 2. The van der Waals surface area contributed by atoms with E-state index in [2.05, 4.69) is 22.5 Å². The lowest BCUT2D eigenvalue weighted by Gasteiger charge is -2.35. The van der Waals surface area contributed by atoms with Gasteiger partial charge in [-0.15, -0.1) is 0 Å². The molecule has 0 spiro atoms. The summed E-state index contributed by atoms with van der Waals surface area (Å²) in [4.78, 5) is 25.1. The number of urea groups is 1. The Morgan fingerprint density at radius 3 is 2.67 bits per heavy atom. The summed E-state index contributed by atoms with van der Waals surface area (Å²) >= 11 is 0. The molecule has 4 N–H and O–H groups in total. The standard InChI is InChI=1S/C12H24N4O2/c1-8(2)14-12(18)15-11(17)7-16-5-4-10(13)6-9(16)3/h8-10H,4-7,13H2,1-3H3,(H2,14,15,17,18). The fourth-order valence-electron chi connectivity index (χ4n) is 2.14. The van der Waals surface area contributed by atoms with Crippen LogP contribution in [0.3, 0.4) is 0 Å². The molecule has 0 aromatic heterocycles. The lowest BCUT2D eigenvalue weighted by molar-refractivity contribution is -0.122. The average molecular weight is 256 g/mol. The van der Waals surface area contributed by atoms with Gasteiger partial charge in [0.15, 0.2) is 0 Å². The Hall–Kier alpha value is -1.14. The van der Waals surface area contributed by atoms with Crippen LogP contribution < -0.4 is 16.4 Å². The van der Waals surface area contributed by atoms with Crippen LogP contribution in [-0.2, 0) is 4.79 Å². The molecule has 1 aliphatic rings. The highest BCUT2D eigenvalue weighted by atomic mass is 16.2.